The topological polar surface area (TPSA) is 46.3 Å². The Morgan fingerprint density at radius 3 is 2.90 bits per heavy atom. The van der Waals surface area contributed by atoms with Crippen molar-refractivity contribution in [2.75, 3.05) is 12.3 Å². The van der Waals surface area contributed by atoms with Crippen LogP contribution in [-0.2, 0) is 4.79 Å². The van der Waals surface area contributed by atoms with Gasteiger partial charge in [-0.05, 0) is 12.2 Å². The SMILES string of the molecule is CC(=O)N1CCCSC1N. The van der Waals surface area contributed by atoms with Gasteiger partial charge in [0.25, 0.3) is 0 Å². The summed E-state index contributed by atoms with van der Waals surface area (Å²) in [6, 6.07) is 0. The Kier molecular flexibility index (Phi) is 2.56. The van der Waals surface area contributed by atoms with Gasteiger partial charge in [-0.1, -0.05) is 0 Å². The van der Waals surface area contributed by atoms with Gasteiger partial charge in [0.2, 0.25) is 5.91 Å². The van der Waals surface area contributed by atoms with Crippen molar-refractivity contribution in [1.29, 1.82) is 0 Å². The Hall–Kier alpha value is -0.220. The number of hydrogen-bond donors (Lipinski definition) is 1. The van der Waals surface area contributed by atoms with Gasteiger partial charge in [0.15, 0.2) is 0 Å². The monoisotopic (exact) mass is 160 g/mol. The molecule has 1 unspecified atom stereocenters. The van der Waals surface area contributed by atoms with E-state index in [4.69, 9.17) is 5.73 Å². The molecule has 58 valence electrons. The lowest BCUT2D eigenvalue weighted by Gasteiger charge is -2.31. The minimum absolute atomic E-state index is 0.0831. The molecule has 1 saturated heterocycles. The molecule has 4 heteroatoms. The first-order valence-electron chi connectivity index (χ1n) is 3.36. The van der Waals surface area contributed by atoms with E-state index in [0.29, 0.717) is 0 Å². The molecule has 10 heavy (non-hydrogen) atoms. The van der Waals surface area contributed by atoms with Gasteiger partial charge in [-0.15, -0.1) is 11.8 Å². The molecule has 0 aromatic carbocycles. The highest BCUT2D eigenvalue weighted by atomic mass is 32.2. The third-order valence-corrected chi connectivity index (χ3v) is 2.66. The molecule has 0 radical (unpaired) electrons. The number of rotatable bonds is 0. The van der Waals surface area contributed by atoms with Crippen LogP contribution in [0.25, 0.3) is 0 Å². The maximum absolute atomic E-state index is 10.8. The van der Waals surface area contributed by atoms with Gasteiger partial charge < -0.3 is 10.6 Å². The number of nitrogens with two attached hydrogens (primary N) is 1. The van der Waals surface area contributed by atoms with Crippen LogP contribution in [0.4, 0.5) is 0 Å². The standard InChI is InChI=1S/C6H12N2OS/c1-5(9)8-3-2-4-10-6(8)7/h6H,2-4,7H2,1H3. The molecular weight excluding hydrogens is 148 g/mol. The van der Waals surface area contributed by atoms with Crippen LogP contribution in [0.5, 0.6) is 0 Å². The Morgan fingerprint density at radius 2 is 2.50 bits per heavy atom. The number of hydrogen-bond acceptors (Lipinski definition) is 3. The second-order valence-electron chi connectivity index (χ2n) is 2.33. The maximum Gasteiger partial charge on any atom is 0.221 e. The average Bonchev–Trinajstić information content (AvgIpc) is 1.88. The minimum Gasteiger partial charge on any atom is -0.318 e. The van der Waals surface area contributed by atoms with E-state index in [1.54, 1.807) is 23.6 Å². The highest BCUT2D eigenvalue weighted by Gasteiger charge is 2.20. The molecule has 0 aromatic heterocycles. The van der Waals surface area contributed by atoms with Crippen LogP contribution in [0.2, 0.25) is 0 Å². The van der Waals surface area contributed by atoms with Gasteiger partial charge in [0, 0.05) is 13.5 Å². The van der Waals surface area contributed by atoms with Crippen molar-refractivity contribution in [2.24, 2.45) is 5.73 Å². The summed E-state index contributed by atoms with van der Waals surface area (Å²) in [5, 5.41) is 0. The quantitative estimate of drug-likeness (QED) is 0.551. The van der Waals surface area contributed by atoms with Crippen LogP contribution in [0, 0.1) is 0 Å². The highest BCUT2D eigenvalue weighted by molar-refractivity contribution is 7.99. The molecule has 0 aliphatic carbocycles. The fourth-order valence-corrected chi connectivity index (χ4v) is 1.96. The van der Waals surface area contributed by atoms with Gasteiger partial charge in [0.1, 0.15) is 5.50 Å². The summed E-state index contributed by atoms with van der Waals surface area (Å²) in [7, 11) is 0. The van der Waals surface area contributed by atoms with Crippen LogP contribution >= 0.6 is 11.8 Å². The Balaban J connectivity index is 2.47. The van der Waals surface area contributed by atoms with E-state index in [0.717, 1.165) is 18.7 Å². The normalized spacial score (nSPS) is 26.6. The van der Waals surface area contributed by atoms with Gasteiger partial charge in [-0.2, -0.15) is 0 Å². The van der Waals surface area contributed by atoms with E-state index in [9.17, 15) is 4.79 Å². The van der Waals surface area contributed by atoms with Crippen LogP contribution < -0.4 is 5.73 Å². The summed E-state index contributed by atoms with van der Waals surface area (Å²) < 4.78 is 0. The second-order valence-corrected chi connectivity index (χ2v) is 3.55. The van der Waals surface area contributed by atoms with E-state index in [2.05, 4.69) is 0 Å². The molecule has 0 saturated carbocycles. The number of thioether (sulfide) groups is 1. The van der Waals surface area contributed by atoms with Crippen molar-refractivity contribution in [2.45, 2.75) is 18.8 Å². The zero-order valence-corrected chi connectivity index (χ0v) is 6.86. The molecule has 0 spiro atoms. The number of amides is 1. The van der Waals surface area contributed by atoms with Crippen LogP contribution in [0.15, 0.2) is 0 Å². The molecule has 3 nitrogen and oxygen atoms in total. The molecule has 1 fully saturated rings. The lowest BCUT2D eigenvalue weighted by Crippen LogP contribution is -2.46. The first kappa shape index (κ1) is 7.88. The molecule has 1 aliphatic heterocycles. The minimum atomic E-state index is -0.105. The summed E-state index contributed by atoms with van der Waals surface area (Å²) in [5.74, 6) is 1.16. The zero-order chi connectivity index (χ0) is 7.56. The molecule has 1 heterocycles. The number of carbonyl (C=O) groups is 1. The van der Waals surface area contributed by atoms with E-state index >= 15 is 0 Å². The molecule has 1 rings (SSSR count). The highest BCUT2D eigenvalue weighted by Crippen LogP contribution is 2.18. The number of nitrogens with zero attached hydrogens (tertiary/aromatic N) is 1. The van der Waals surface area contributed by atoms with E-state index in [1.807, 2.05) is 0 Å². The van der Waals surface area contributed by atoms with Crippen LogP contribution in [0.1, 0.15) is 13.3 Å². The Bertz CT molecular complexity index is 140. The molecule has 0 aromatic rings. The lowest BCUT2D eigenvalue weighted by molar-refractivity contribution is -0.129. The van der Waals surface area contributed by atoms with Crippen molar-refractivity contribution in [1.82, 2.24) is 4.90 Å². The first-order chi connectivity index (χ1) is 4.72. The molecule has 2 N–H and O–H groups in total. The summed E-state index contributed by atoms with van der Waals surface area (Å²) >= 11 is 1.64. The molecule has 1 aliphatic rings. The van der Waals surface area contributed by atoms with Crippen molar-refractivity contribution in [3.05, 3.63) is 0 Å². The van der Waals surface area contributed by atoms with Crippen molar-refractivity contribution < 1.29 is 4.79 Å². The predicted octanol–water partition coefficient (Wildman–Crippen LogP) is 0.214. The predicted molar refractivity (Wildman–Crippen MR) is 42.4 cm³/mol. The summed E-state index contributed by atoms with van der Waals surface area (Å²) in [6.45, 7) is 2.38. The van der Waals surface area contributed by atoms with Crippen LogP contribution in [0.3, 0.4) is 0 Å². The molecule has 1 amide bonds. The Morgan fingerprint density at radius 1 is 1.80 bits per heavy atom. The fourth-order valence-electron chi connectivity index (χ4n) is 0.993. The average molecular weight is 160 g/mol. The fraction of sp³-hybridized carbons (Fsp3) is 0.833. The Labute approximate surface area is 64.9 Å². The largest absolute Gasteiger partial charge is 0.318 e. The van der Waals surface area contributed by atoms with Gasteiger partial charge in [-0.3, -0.25) is 4.79 Å². The van der Waals surface area contributed by atoms with E-state index in [-0.39, 0.29) is 11.4 Å². The smallest absolute Gasteiger partial charge is 0.221 e. The molecule has 1 atom stereocenters. The summed E-state index contributed by atoms with van der Waals surface area (Å²) in [6.07, 6.45) is 1.07. The number of carbonyl (C=O) groups excluding carboxylic acids is 1. The summed E-state index contributed by atoms with van der Waals surface area (Å²) in [4.78, 5) is 12.5. The first-order valence-corrected chi connectivity index (χ1v) is 4.41. The van der Waals surface area contributed by atoms with Crippen LogP contribution in [-0.4, -0.2) is 28.6 Å². The van der Waals surface area contributed by atoms with E-state index in [1.165, 1.54) is 0 Å². The van der Waals surface area contributed by atoms with Gasteiger partial charge in [0.05, 0.1) is 0 Å². The van der Waals surface area contributed by atoms with Crippen molar-refractivity contribution in [3.63, 3.8) is 0 Å². The third kappa shape index (κ3) is 1.64. The zero-order valence-electron chi connectivity index (χ0n) is 6.04. The maximum atomic E-state index is 10.8. The van der Waals surface area contributed by atoms with Crippen molar-refractivity contribution >= 4 is 17.7 Å². The van der Waals surface area contributed by atoms with E-state index < -0.39 is 0 Å². The lowest BCUT2D eigenvalue weighted by atomic mass is 10.4. The second kappa shape index (κ2) is 3.25. The third-order valence-electron chi connectivity index (χ3n) is 1.54. The molecule has 0 bridgehead atoms. The van der Waals surface area contributed by atoms with Gasteiger partial charge >= 0.3 is 0 Å². The summed E-state index contributed by atoms with van der Waals surface area (Å²) in [5.41, 5.74) is 5.54. The van der Waals surface area contributed by atoms with Crippen molar-refractivity contribution in [3.8, 4) is 0 Å². The van der Waals surface area contributed by atoms with Gasteiger partial charge in [-0.25, -0.2) is 0 Å². The molecular formula is C6H12N2OS.